The largest absolute Gasteiger partial charge is 0.508 e. The van der Waals surface area contributed by atoms with Gasteiger partial charge in [-0.2, -0.15) is 0 Å². The maximum atomic E-state index is 13.8. The number of nitrogens with one attached hydrogen (secondary N) is 1. The van der Waals surface area contributed by atoms with Crippen LogP contribution in [0.2, 0.25) is 0 Å². The smallest absolute Gasteiger partial charge is 0.207 e. The van der Waals surface area contributed by atoms with Crippen molar-refractivity contribution < 1.29 is 23.8 Å². The summed E-state index contributed by atoms with van der Waals surface area (Å²) in [4.78, 5) is 14.0. The Labute approximate surface area is 200 Å². The lowest BCUT2D eigenvalue weighted by atomic mass is 9.97. The van der Waals surface area contributed by atoms with Crippen LogP contribution in [0.3, 0.4) is 0 Å². The summed E-state index contributed by atoms with van der Waals surface area (Å²) >= 11 is 1.25. The molecule has 5 nitrogen and oxygen atoms in total. The molecule has 1 aromatic heterocycles. The van der Waals surface area contributed by atoms with Crippen LogP contribution in [0, 0.1) is 19.7 Å². The number of fused-ring (bicyclic) bond motifs is 1. The van der Waals surface area contributed by atoms with Crippen LogP contribution in [0.15, 0.2) is 54.6 Å². The second-order valence-electron chi connectivity index (χ2n) is 8.49. The summed E-state index contributed by atoms with van der Waals surface area (Å²) in [7, 11) is 0. The van der Waals surface area contributed by atoms with Crippen molar-refractivity contribution in [1.29, 1.82) is 0 Å². The van der Waals surface area contributed by atoms with Crippen LogP contribution in [0.1, 0.15) is 32.8 Å². The normalized spacial score (nSPS) is 15.6. The Kier molecular flexibility index (Phi) is 5.98. The molecule has 0 bridgehead atoms. The van der Waals surface area contributed by atoms with Crippen molar-refractivity contribution in [2.75, 3.05) is 13.1 Å². The van der Waals surface area contributed by atoms with Gasteiger partial charge in [-0.25, -0.2) is 4.39 Å². The van der Waals surface area contributed by atoms with E-state index < -0.39 is 0 Å². The number of ether oxygens (including phenoxy) is 2. The maximum Gasteiger partial charge on any atom is 0.207 e. The van der Waals surface area contributed by atoms with E-state index in [0.29, 0.717) is 33.1 Å². The Balaban J connectivity index is 1.51. The number of rotatable bonds is 6. The Morgan fingerprint density at radius 2 is 1.76 bits per heavy atom. The number of hydrogen-bond donors (Lipinski definition) is 2. The second-order valence-corrected chi connectivity index (χ2v) is 9.54. The van der Waals surface area contributed by atoms with Gasteiger partial charge >= 0.3 is 0 Å². The van der Waals surface area contributed by atoms with Gasteiger partial charge in [0.25, 0.3) is 0 Å². The fraction of sp³-hybridized carbons (Fsp3) is 0.222. The number of ketones is 1. The third-order valence-electron chi connectivity index (χ3n) is 5.92. The molecule has 1 saturated heterocycles. The number of phenolic OH excluding ortho intramolecular Hbond substituents is 1. The third kappa shape index (κ3) is 4.36. The molecule has 0 saturated carbocycles. The van der Waals surface area contributed by atoms with Crippen molar-refractivity contribution in [3.63, 3.8) is 0 Å². The van der Waals surface area contributed by atoms with E-state index in [2.05, 4.69) is 5.32 Å². The molecule has 1 fully saturated rings. The lowest BCUT2D eigenvalue weighted by Crippen LogP contribution is -2.19. The zero-order valence-corrected chi connectivity index (χ0v) is 19.7. The summed E-state index contributed by atoms with van der Waals surface area (Å²) in [6.07, 6.45) is 1.13. The SMILES string of the molecule is Cc1cc(F)cc(C)c1C(=O)c1sc2cc(O)ccc2c1Oc1ccc(O[C@H]2CCNC2)cc1. The molecule has 1 aliphatic heterocycles. The fourth-order valence-corrected chi connectivity index (χ4v) is 5.43. The molecular weight excluding hydrogens is 453 g/mol. The van der Waals surface area contributed by atoms with Gasteiger partial charge in [0.1, 0.15) is 34.0 Å². The number of carbonyl (C=O) groups is 1. The first-order valence-electron chi connectivity index (χ1n) is 11.1. The van der Waals surface area contributed by atoms with Gasteiger partial charge in [0, 0.05) is 22.2 Å². The fourth-order valence-electron chi connectivity index (χ4n) is 4.32. The molecule has 0 amide bonds. The van der Waals surface area contributed by atoms with Gasteiger partial charge in [-0.3, -0.25) is 4.79 Å². The molecule has 174 valence electrons. The molecule has 1 aliphatic rings. The van der Waals surface area contributed by atoms with E-state index in [1.807, 2.05) is 24.3 Å². The monoisotopic (exact) mass is 477 g/mol. The Morgan fingerprint density at radius 1 is 1.06 bits per heavy atom. The Hall–Kier alpha value is -3.42. The predicted molar refractivity (Wildman–Crippen MR) is 131 cm³/mol. The maximum absolute atomic E-state index is 13.8. The molecule has 0 radical (unpaired) electrons. The van der Waals surface area contributed by atoms with Gasteiger partial charge in [-0.15, -0.1) is 11.3 Å². The van der Waals surface area contributed by atoms with E-state index in [1.54, 1.807) is 32.0 Å². The summed E-state index contributed by atoms with van der Waals surface area (Å²) in [6.45, 7) is 5.24. The number of aromatic hydroxyl groups is 1. The molecule has 34 heavy (non-hydrogen) atoms. The van der Waals surface area contributed by atoms with Crippen LogP contribution in [0.25, 0.3) is 10.1 Å². The topological polar surface area (TPSA) is 67.8 Å². The van der Waals surface area contributed by atoms with Gasteiger partial charge in [0.05, 0.1) is 0 Å². The average Bonchev–Trinajstić information content (AvgIpc) is 3.42. The first-order valence-corrected chi connectivity index (χ1v) is 11.9. The number of phenols is 1. The van der Waals surface area contributed by atoms with Crippen LogP contribution in [0.4, 0.5) is 4.39 Å². The number of hydrogen-bond acceptors (Lipinski definition) is 6. The van der Waals surface area contributed by atoms with Crippen LogP contribution in [-0.4, -0.2) is 30.1 Å². The highest BCUT2D eigenvalue weighted by atomic mass is 32.1. The highest BCUT2D eigenvalue weighted by molar-refractivity contribution is 7.21. The molecule has 7 heteroatoms. The zero-order chi connectivity index (χ0) is 23.8. The van der Waals surface area contributed by atoms with Gasteiger partial charge in [0.15, 0.2) is 5.75 Å². The van der Waals surface area contributed by atoms with Crippen LogP contribution >= 0.6 is 11.3 Å². The number of carbonyl (C=O) groups excluding carboxylic acids is 1. The highest BCUT2D eigenvalue weighted by Crippen LogP contribution is 2.43. The second kappa shape index (κ2) is 9.08. The van der Waals surface area contributed by atoms with Crippen LogP contribution in [0.5, 0.6) is 23.0 Å². The number of thiophene rings is 1. The number of benzene rings is 3. The molecule has 3 aromatic carbocycles. The Bertz CT molecular complexity index is 1350. The van der Waals surface area contributed by atoms with Crippen molar-refractivity contribution in [2.45, 2.75) is 26.4 Å². The summed E-state index contributed by atoms with van der Waals surface area (Å²) < 4.78 is 26.8. The molecule has 2 heterocycles. The lowest BCUT2D eigenvalue weighted by Gasteiger charge is -2.13. The summed E-state index contributed by atoms with van der Waals surface area (Å²) in [5.41, 5.74) is 1.59. The molecule has 0 aliphatic carbocycles. The van der Waals surface area contributed by atoms with E-state index in [-0.39, 0.29) is 23.5 Å². The summed E-state index contributed by atoms with van der Waals surface area (Å²) in [5, 5.41) is 14.0. The van der Waals surface area contributed by atoms with Gasteiger partial charge in [-0.05, 0) is 92.5 Å². The van der Waals surface area contributed by atoms with Crippen molar-refractivity contribution in [3.05, 3.63) is 82.0 Å². The number of halogens is 1. The highest BCUT2D eigenvalue weighted by Gasteiger charge is 2.25. The summed E-state index contributed by atoms with van der Waals surface area (Å²) in [5.74, 6) is 1.23. The zero-order valence-electron chi connectivity index (χ0n) is 18.9. The van der Waals surface area contributed by atoms with Crippen molar-refractivity contribution >= 4 is 27.2 Å². The third-order valence-corrected chi connectivity index (χ3v) is 7.05. The van der Waals surface area contributed by atoms with Gasteiger partial charge in [0.2, 0.25) is 5.78 Å². The van der Waals surface area contributed by atoms with E-state index in [1.165, 1.54) is 23.5 Å². The van der Waals surface area contributed by atoms with E-state index in [9.17, 15) is 14.3 Å². The standard InChI is InChI=1S/C27H24FNO4S/c1-15-11-17(28)12-16(2)24(15)25(31)27-26(22-8-3-18(30)13-23(22)34-27)33-20-6-4-19(5-7-20)32-21-9-10-29-14-21/h3-8,11-13,21,29-30H,9-10,14H2,1-2H3/t21-/m0/s1. The summed E-state index contributed by atoms with van der Waals surface area (Å²) in [6, 6.07) is 15.0. The molecule has 0 spiro atoms. The minimum atomic E-state index is -0.375. The molecular formula is C27H24FNO4S. The van der Waals surface area contributed by atoms with Crippen molar-refractivity contribution in [1.82, 2.24) is 5.32 Å². The minimum Gasteiger partial charge on any atom is -0.508 e. The van der Waals surface area contributed by atoms with Gasteiger partial charge in [-0.1, -0.05) is 0 Å². The van der Waals surface area contributed by atoms with Gasteiger partial charge < -0.3 is 19.9 Å². The van der Waals surface area contributed by atoms with Crippen molar-refractivity contribution in [3.8, 4) is 23.0 Å². The van der Waals surface area contributed by atoms with Crippen LogP contribution in [-0.2, 0) is 0 Å². The van der Waals surface area contributed by atoms with E-state index in [0.717, 1.165) is 35.3 Å². The predicted octanol–water partition coefficient (Wildman–Crippen LogP) is 6.13. The van der Waals surface area contributed by atoms with E-state index >= 15 is 0 Å². The average molecular weight is 478 g/mol. The lowest BCUT2D eigenvalue weighted by molar-refractivity contribution is 0.103. The molecule has 4 aromatic rings. The number of aryl methyl sites for hydroxylation is 2. The quantitative estimate of drug-likeness (QED) is 0.327. The first-order chi connectivity index (χ1) is 16.4. The van der Waals surface area contributed by atoms with Crippen LogP contribution < -0.4 is 14.8 Å². The molecule has 5 rings (SSSR count). The molecule has 2 N–H and O–H groups in total. The van der Waals surface area contributed by atoms with E-state index in [4.69, 9.17) is 9.47 Å². The molecule has 1 atom stereocenters. The first kappa shape index (κ1) is 22.4. The molecule has 0 unspecified atom stereocenters. The minimum absolute atomic E-state index is 0.108. The Morgan fingerprint density at radius 3 is 2.44 bits per heavy atom. The van der Waals surface area contributed by atoms with Crippen molar-refractivity contribution in [2.24, 2.45) is 0 Å².